The van der Waals surface area contributed by atoms with E-state index in [1.54, 1.807) is 26.4 Å². The normalized spacial score (nSPS) is 10.6. The van der Waals surface area contributed by atoms with Crippen molar-refractivity contribution in [2.24, 2.45) is 0 Å². The molecule has 0 aromatic heterocycles. The third-order valence-corrected chi connectivity index (χ3v) is 5.03. The van der Waals surface area contributed by atoms with Gasteiger partial charge in [0.2, 0.25) is 0 Å². The Bertz CT molecular complexity index is 760. The van der Waals surface area contributed by atoms with Gasteiger partial charge in [-0.05, 0) is 79.8 Å². The van der Waals surface area contributed by atoms with E-state index in [1.807, 2.05) is 24.3 Å². The maximum atomic E-state index is 12.7. The smallest absolute Gasteiger partial charge is 0.256 e. The minimum Gasteiger partial charge on any atom is -0.493 e. The Hall–Kier alpha value is -1.96. The van der Waals surface area contributed by atoms with Crippen LogP contribution < -0.4 is 19.7 Å². The fourth-order valence-electron chi connectivity index (χ4n) is 2.81. The minimum atomic E-state index is -0.181. The molecule has 0 aliphatic rings. The predicted molar refractivity (Wildman–Crippen MR) is 115 cm³/mol. The van der Waals surface area contributed by atoms with Gasteiger partial charge in [-0.1, -0.05) is 0 Å². The lowest BCUT2D eigenvalue weighted by molar-refractivity contribution is 0.102. The van der Waals surface area contributed by atoms with Gasteiger partial charge in [-0.2, -0.15) is 0 Å². The molecule has 0 aliphatic carbocycles. The number of carbonyl (C=O) groups excluding carboxylic acids is 1. The molecule has 0 bridgehead atoms. The molecule has 0 atom stereocenters. The van der Waals surface area contributed by atoms with E-state index >= 15 is 0 Å². The van der Waals surface area contributed by atoms with Gasteiger partial charge in [-0.3, -0.25) is 4.79 Å². The first-order valence-corrected chi connectivity index (χ1v) is 9.58. The second kappa shape index (κ2) is 9.12. The number of methoxy groups -OCH3 is 2. The van der Waals surface area contributed by atoms with Crippen LogP contribution in [0.15, 0.2) is 36.4 Å². The summed E-state index contributed by atoms with van der Waals surface area (Å²) in [5.41, 5.74) is 2.44. The fourth-order valence-corrected chi connectivity index (χ4v) is 3.49. The molecule has 1 amide bonds. The lowest BCUT2D eigenvalue weighted by atomic mass is 10.1. The number of hydrogen-bond acceptors (Lipinski definition) is 4. The fraction of sp³-hybridized carbons (Fsp3) is 0.350. The molecule has 2 aromatic rings. The van der Waals surface area contributed by atoms with Crippen LogP contribution in [0.4, 0.5) is 11.4 Å². The van der Waals surface area contributed by atoms with Crippen molar-refractivity contribution >= 4 is 39.9 Å². The minimum absolute atomic E-state index is 0.181. The highest BCUT2D eigenvalue weighted by Crippen LogP contribution is 2.31. The van der Waals surface area contributed by atoms with Crippen LogP contribution in [-0.2, 0) is 0 Å². The molecule has 0 fully saturated rings. The molecular weight excluding hydrogens is 443 g/mol. The number of halogens is 1. The number of nitrogens with one attached hydrogen (secondary N) is 1. The number of rotatable bonds is 7. The van der Waals surface area contributed by atoms with E-state index in [4.69, 9.17) is 9.47 Å². The zero-order chi connectivity index (χ0) is 19.3. The van der Waals surface area contributed by atoms with Crippen LogP contribution in [0.25, 0.3) is 0 Å². The molecule has 26 heavy (non-hydrogen) atoms. The maximum absolute atomic E-state index is 12.7. The highest BCUT2D eigenvalue weighted by molar-refractivity contribution is 14.1. The molecule has 140 valence electrons. The van der Waals surface area contributed by atoms with Crippen LogP contribution >= 0.6 is 22.6 Å². The topological polar surface area (TPSA) is 50.8 Å². The van der Waals surface area contributed by atoms with Crippen molar-refractivity contribution in [1.82, 2.24) is 0 Å². The van der Waals surface area contributed by atoms with E-state index in [2.05, 4.69) is 53.6 Å². The van der Waals surface area contributed by atoms with Gasteiger partial charge in [-0.15, -0.1) is 0 Å². The van der Waals surface area contributed by atoms with Crippen molar-refractivity contribution in [2.75, 3.05) is 31.0 Å². The van der Waals surface area contributed by atoms with Gasteiger partial charge in [0, 0.05) is 27.5 Å². The molecule has 0 saturated carbocycles. The van der Waals surface area contributed by atoms with Gasteiger partial charge in [0.1, 0.15) is 0 Å². The molecule has 0 spiro atoms. The molecule has 0 unspecified atom stereocenters. The average molecular weight is 468 g/mol. The van der Waals surface area contributed by atoms with E-state index in [0.717, 1.165) is 21.5 Å². The first-order valence-electron chi connectivity index (χ1n) is 8.50. The van der Waals surface area contributed by atoms with Crippen LogP contribution in [0.3, 0.4) is 0 Å². The van der Waals surface area contributed by atoms with Crippen LogP contribution in [0.5, 0.6) is 11.5 Å². The van der Waals surface area contributed by atoms with Gasteiger partial charge in [-0.25, -0.2) is 0 Å². The first kappa shape index (κ1) is 20.4. The summed E-state index contributed by atoms with van der Waals surface area (Å²) in [6.07, 6.45) is 0. The number of anilines is 2. The van der Waals surface area contributed by atoms with Crippen LogP contribution in [-0.4, -0.2) is 32.7 Å². The number of ether oxygens (including phenoxy) is 2. The Morgan fingerprint density at radius 1 is 1.12 bits per heavy atom. The summed E-state index contributed by atoms with van der Waals surface area (Å²) in [5, 5.41) is 2.94. The molecule has 0 heterocycles. The monoisotopic (exact) mass is 468 g/mol. The van der Waals surface area contributed by atoms with Crippen LogP contribution in [0, 0.1) is 3.57 Å². The summed E-state index contributed by atoms with van der Waals surface area (Å²) in [4.78, 5) is 15.0. The first-order chi connectivity index (χ1) is 12.4. The van der Waals surface area contributed by atoms with E-state index in [-0.39, 0.29) is 5.91 Å². The zero-order valence-corrected chi connectivity index (χ0v) is 18.0. The van der Waals surface area contributed by atoms with Gasteiger partial charge >= 0.3 is 0 Å². The molecule has 0 radical (unpaired) electrons. The Kier molecular flexibility index (Phi) is 7.14. The zero-order valence-electron chi connectivity index (χ0n) is 15.8. The van der Waals surface area contributed by atoms with E-state index in [9.17, 15) is 4.79 Å². The third kappa shape index (κ3) is 4.60. The lowest BCUT2D eigenvalue weighted by Crippen LogP contribution is -2.30. The predicted octanol–water partition coefficient (Wildman–Crippen LogP) is 4.80. The van der Waals surface area contributed by atoms with Crippen molar-refractivity contribution < 1.29 is 14.3 Å². The summed E-state index contributed by atoms with van der Waals surface area (Å²) in [5.74, 6) is 0.953. The standard InChI is InChI=1S/C20H25IN2O3/c1-6-23(13(2)3)15-9-7-14(8-10-15)22-20(24)16-11-18(25-4)19(26-5)12-17(16)21/h7-13H,6H2,1-5H3,(H,22,24). The SMILES string of the molecule is CCN(c1ccc(NC(=O)c2cc(OC)c(OC)cc2I)cc1)C(C)C. The van der Waals surface area contributed by atoms with Crippen LogP contribution in [0.2, 0.25) is 0 Å². The maximum Gasteiger partial charge on any atom is 0.256 e. The quantitative estimate of drug-likeness (QED) is 0.594. The lowest BCUT2D eigenvalue weighted by Gasteiger charge is -2.27. The van der Waals surface area contributed by atoms with E-state index in [0.29, 0.717) is 23.1 Å². The Morgan fingerprint density at radius 2 is 1.69 bits per heavy atom. The molecule has 1 N–H and O–H groups in total. The Labute approximate surface area is 168 Å². The second-order valence-corrected chi connectivity index (χ2v) is 7.23. The molecule has 2 aromatic carbocycles. The van der Waals surface area contributed by atoms with Gasteiger partial charge < -0.3 is 19.7 Å². The number of benzene rings is 2. The van der Waals surface area contributed by atoms with Crippen molar-refractivity contribution in [1.29, 1.82) is 0 Å². The van der Waals surface area contributed by atoms with E-state index in [1.165, 1.54) is 0 Å². The third-order valence-electron chi connectivity index (χ3n) is 4.14. The van der Waals surface area contributed by atoms with Crippen molar-refractivity contribution in [3.8, 4) is 11.5 Å². The largest absolute Gasteiger partial charge is 0.493 e. The summed E-state index contributed by atoms with van der Waals surface area (Å²) < 4.78 is 11.4. The van der Waals surface area contributed by atoms with Gasteiger partial charge in [0.25, 0.3) is 5.91 Å². The molecular formula is C20H25IN2O3. The van der Waals surface area contributed by atoms with Crippen molar-refractivity contribution in [3.63, 3.8) is 0 Å². The molecule has 0 aliphatic heterocycles. The molecule has 5 nitrogen and oxygen atoms in total. The Balaban J connectivity index is 2.20. The highest BCUT2D eigenvalue weighted by atomic mass is 127. The highest BCUT2D eigenvalue weighted by Gasteiger charge is 2.16. The summed E-state index contributed by atoms with van der Waals surface area (Å²) in [6, 6.07) is 11.8. The molecule has 6 heteroatoms. The number of nitrogens with zero attached hydrogens (tertiary/aromatic N) is 1. The van der Waals surface area contributed by atoms with Crippen molar-refractivity contribution in [2.45, 2.75) is 26.8 Å². The molecule has 0 saturated heterocycles. The number of hydrogen-bond donors (Lipinski definition) is 1. The second-order valence-electron chi connectivity index (χ2n) is 6.07. The van der Waals surface area contributed by atoms with Crippen molar-refractivity contribution in [3.05, 3.63) is 45.5 Å². The number of amides is 1. The summed E-state index contributed by atoms with van der Waals surface area (Å²) >= 11 is 2.12. The van der Waals surface area contributed by atoms with Gasteiger partial charge in [0.15, 0.2) is 11.5 Å². The van der Waals surface area contributed by atoms with Crippen LogP contribution in [0.1, 0.15) is 31.1 Å². The summed E-state index contributed by atoms with van der Waals surface area (Å²) in [7, 11) is 3.13. The Morgan fingerprint density at radius 3 is 2.19 bits per heavy atom. The van der Waals surface area contributed by atoms with E-state index < -0.39 is 0 Å². The van der Waals surface area contributed by atoms with Gasteiger partial charge in [0.05, 0.1) is 19.8 Å². The number of carbonyl (C=O) groups is 1. The molecule has 2 rings (SSSR count). The summed E-state index contributed by atoms with van der Waals surface area (Å²) in [6.45, 7) is 7.40. The average Bonchev–Trinajstić information content (AvgIpc) is 2.63.